The van der Waals surface area contributed by atoms with Crippen LogP contribution in [-0.2, 0) is 9.59 Å². The molecule has 7 heteroatoms. The van der Waals surface area contributed by atoms with Crippen LogP contribution in [0.3, 0.4) is 0 Å². The van der Waals surface area contributed by atoms with Gasteiger partial charge in [-0.3, -0.25) is 9.59 Å². The van der Waals surface area contributed by atoms with Gasteiger partial charge in [0.05, 0.1) is 6.21 Å². The molecule has 0 aromatic heterocycles. The summed E-state index contributed by atoms with van der Waals surface area (Å²) in [4.78, 5) is 23.5. The van der Waals surface area contributed by atoms with Crippen LogP contribution >= 0.6 is 38.5 Å². The molecule has 0 spiro atoms. The maximum atomic E-state index is 11.8. The molecule has 2 aromatic carbocycles. The van der Waals surface area contributed by atoms with Crippen molar-refractivity contribution >= 4 is 62.2 Å². The Hall–Kier alpha value is -1.74. The van der Waals surface area contributed by atoms with Gasteiger partial charge in [-0.05, 0) is 58.5 Å². The van der Waals surface area contributed by atoms with E-state index in [9.17, 15) is 9.59 Å². The lowest BCUT2D eigenvalue weighted by molar-refractivity contribution is -0.124. The van der Waals surface area contributed by atoms with Crippen molar-refractivity contribution in [2.45, 2.75) is 12.8 Å². The van der Waals surface area contributed by atoms with E-state index in [2.05, 4.69) is 54.4 Å². The summed E-state index contributed by atoms with van der Waals surface area (Å²) in [5.74, 6) is -0.522. The van der Waals surface area contributed by atoms with Gasteiger partial charge in [0, 0.05) is 26.6 Å². The second-order valence-electron chi connectivity index (χ2n) is 4.90. The van der Waals surface area contributed by atoms with Crippen molar-refractivity contribution in [1.82, 2.24) is 5.43 Å². The summed E-state index contributed by atoms with van der Waals surface area (Å²) in [6.45, 7) is 0. The topological polar surface area (TPSA) is 70.6 Å². The molecule has 0 fully saturated rings. The lowest BCUT2D eigenvalue weighted by atomic mass is 10.2. The smallest absolute Gasteiger partial charge is 0.240 e. The summed E-state index contributed by atoms with van der Waals surface area (Å²) in [5.41, 5.74) is 3.99. The highest BCUT2D eigenvalue weighted by Crippen LogP contribution is 2.15. The summed E-state index contributed by atoms with van der Waals surface area (Å²) >= 11 is 5.55. The largest absolute Gasteiger partial charge is 0.326 e. The van der Waals surface area contributed by atoms with Crippen molar-refractivity contribution in [3.63, 3.8) is 0 Å². The van der Waals surface area contributed by atoms with Crippen LogP contribution in [0.2, 0.25) is 0 Å². The summed E-state index contributed by atoms with van der Waals surface area (Å²) in [6.07, 6.45) is 1.73. The van der Waals surface area contributed by atoms with Crippen molar-refractivity contribution in [1.29, 1.82) is 0 Å². The predicted molar refractivity (Wildman–Crippen MR) is 107 cm³/mol. The average molecular weight is 500 g/mol. The maximum Gasteiger partial charge on any atom is 0.240 e. The number of hydrogen-bond acceptors (Lipinski definition) is 3. The number of carbonyl (C=O) groups excluding carboxylic acids is 2. The standard InChI is InChI=1S/C17H15BrIN3O2/c18-13-2-1-3-15(10-13)21-16(23)8-9-17(24)22-20-11-12-4-6-14(19)7-5-12/h1-7,10-11H,8-9H2,(H,21,23)(H,22,24)/b20-11-. The molecular formula is C17H15BrIN3O2. The number of halogens is 2. The second kappa shape index (κ2) is 9.53. The van der Waals surface area contributed by atoms with Gasteiger partial charge in [-0.1, -0.05) is 34.1 Å². The number of anilines is 1. The Bertz CT molecular complexity index is 748. The van der Waals surface area contributed by atoms with E-state index in [-0.39, 0.29) is 24.7 Å². The SMILES string of the molecule is O=C(CCC(=O)Nc1cccc(Br)c1)N/N=C\c1ccc(I)cc1. The van der Waals surface area contributed by atoms with Gasteiger partial charge in [-0.2, -0.15) is 5.10 Å². The first-order chi connectivity index (χ1) is 11.5. The Morgan fingerprint density at radius 1 is 1.08 bits per heavy atom. The molecule has 0 bridgehead atoms. The lowest BCUT2D eigenvalue weighted by Gasteiger charge is -2.05. The van der Waals surface area contributed by atoms with Gasteiger partial charge in [0.25, 0.3) is 0 Å². The highest BCUT2D eigenvalue weighted by atomic mass is 127. The van der Waals surface area contributed by atoms with Crippen LogP contribution in [0, 0.1) is 3.57 Å². The number of amides is 2. The molecule has 124 valence electrons. The fraction of sp³-hybridized carbons (Fsp3) is 0.118. The van der Waals surface area contributed by atoms with Gasteiger partial charge in [-0.15, -0.1) is 0 Å². The predicted octanol–water partition coefficient (Wildman–Crippen LogP) is 3.92. The number of hydrogen-bond donors (Lipinski definition) is 2. The molecule has 0 aliphatic heterocycles. The molecule has 0 saturated heterocycles. The van der Waals surface area contributed by atoms with Crippen LogP contribution in [0.1, 0.15) is 18.4 Å². The van der Waals surface area contributed by atoms with E-state index in [0.717, 1.165) is 13.6 Å². The van der Waals surface area contributed by atoms with Crippen LogP contribution in [0.25, 0.3) is 0 Å². The normalized spacial score (nSPS) is 10.6. The first kappa shape index (κ1) is 18.6. The average Bonchev–Trinajstić information content (AvgIpc) is 2.55. The Morgan fingerprint density at radius 2 is 1.79 bits per heavy atom. The Kier molecular flexibility index (Phi) is 7.38. The van der Waals surface area contributed by atoms with Crippen LogP contribution in [0.4, 0.5) is 5.69 Å². The number of rotatable bonds is 6. The first-order valence-corrected chi connectivity index (χ1v) is 9.03. The third-order valence-corrected chi connectivity index (χ3v) is 4.17. The van der Waals surface area contributed by atoms with E-state index >= 15 is 0 Å². The lowest BCUT2D eigenvalue weighted by Crippen LogP contribution is -2.20. The molecule has 2 rings (SSSR count). The van der Waals surface area contributed by atoms with E-state index in [1.165, 1.54) is 0 Å². The van der Waals surface area contributed by atoms with Gasteiger partial charge in [0.1, 0.15) is 0 Å². The molecule has 0 unspecified atom stereocenters. The molecule has 2 N–H and O–H groups in total. The molecule has 0 heterocycles. The zero-order chi connectivity index (χ0) is 17.4. The Morgan fingerprint density at radius 3 is 2.50 bits per heavy atom. The monoisotopic (exact) mass is 499 g/mol. The summed E-state index contributed by atoms with van der Waals surface area (Å²) in [7, 11) is 0. The van der Waals surface area contributed by atoms with Crippen molar-refractivity contribution < 1.29 is 9.59 Å². The maximum absolute atomic E-state index is 11.8. The first-order valence-electron chi connectivity index (χ1n) is 7.16. The molecule has 0 aliphatic rings. The van der Waals surface area contributed by atoms with Crippen molar-refractivity contribution in [2.75, 3.05) is 5.32 Å². The highest BCUT2D eigenvalue weighted by molar-refractivity contribution is 14.1. The van der Waals surface area contributed by atoms with Crippen LogP contribution in [-0.4, -0.2) is 18.0 Å². The minimum Gasteiger partial charge on any atom is -0.326 e. The quantitative estimate of drug-likeness (QED) is 0.359. The molecule has 5 nitrogen and oxygen atoms in total. The fourth-order valence-electron chi connectivity index (χ4n) is 1.80. The molecule has 2 amide bonds. The van der Waals surface area contributed by atoms with Crippen molar-refractivity contribution in [3.05, 3.63) is 62.1 Å². The summed E-state index contributed by atoms with van der Waals surface area (Å²) < 4.78 is 2.01. The molecule has 0 saturated carbocycles. The zero-order valence-corrected chi connectivity index (χ0v) is 16.4. The summed E-state index contributed by atoms with van der Waals surface area (Å²) in [5, 5.41) is 6.62. The van der Waals surface area contributed by atoms with Crippen molar-refractivity contribution in [2.24, 2.45) is 5.10 Å². The van der Waals surface area contributed by atoms with Crippen LogP contribution in [0.5, 0.6) is 0 Å². The van der Waals surface area contributed by atoms with Gasteiger partial charge in [-0.25, -0.2) is 5.43 Å². The summed E-state index contributed by atoms with van der Waals surface area (Å²) in [6, 6.07) is 15.0. The Balaban J connectivity index is 1.72. The number of benzene rings is 2. The van der Waals surface area contributed by atoms with E-state index in [0.29, 0.717) is 5.69 Å². The fourth-order valence-corrected chi connectivity index (χ4v) is 2.56. The van der Waals surface area contributed by atoms with Crippen LogP contribution < -0.4 is 10.7 Å². The van der Waals surface area contributed by atoms with E-state index in [1.807, 2.05) is 36.4 Å². The molecule has 0 radical (unpaired) electrons. The minimum absolute atomic E-state index is 0.0733. The van der Waals surface area contributed by atoms with Gasteiger partial charge < -0.3 is 5.32 Å². The number of nitrogens with one attached hydrogen (secondary N) is 2. The highest BCUT2D eigenvalue weighted by Gasteiger charge is 2.06. The van der Waals surface area contributed by atoms with Crippen molar-refractivity contribution in [3.8, 4) is 0 Å². The van der Waals surface area contributed by atoms with Gasteiger partial charge in [0.2, 0.25) is 11.8 Å². The number of nitrogens with zero attached hydrogens (tertiary/aromatic N) is 1. The minimum atomic E-state index is -0.304. The number of carbonyl (C=O) groups is 2. The van der Waals surface area contributed by atoms with E-state index < -0.39 is 0 Å². The van der Waals surface area contributed by atoms with Crippen LogP contribution in [0.15, 0.2) is 58.1 Å². The van der Waals surface area contributed by atoms with Gasteiger partial charge >= 0.3 is 0 Å². The third-order valence-electron chi connectivity index (χ3n) is 2.96. The molecular weight excluding hydrogens is 485 g/mol. The van der Waals surface area contributed by atoms with E-state index in [1.54, 1.807) is 18.3 Å². The molecule has 24 heavy (non-hydrogen) atoms. The zero-order valence-electron chi connectivity index (χ0n) is 12.6. The Labute approximate surface area is 162 Å². The second-order valence-corrected chi connectivity index (χ2v) is 7.06. The van der Waals surface area contributed by atoms with Gasteiger partial charge in [0.15, 0.2) is 0 Å². The molecule has 2 aromatic rings. The third kappa shape index (κ3) is 6.79. The number of hydrazone groups is 1. The van der Waals surface area contributed by atoms with E-state index in [4.69, 9.17) is 0 Å². The molecule has 0 atom stereocenters. The molecule has 0 aliphatic carbocycles.